The number of furan rings is 1. The van der Waals surface area contributed by atoms with Crippen LogP contribution in [0.4, 0.5) is 11.5 Å². The molecule has 0 fully saturated rings. The van der Waals surface area contributed by atoms with Gasteiger partial charge in [0.15, 0.2) is 0 Å². The molecule has 0 saturated heterocycles. The van der Waals surface area contributed by atoms with E-state index in [4.69, 9.17) is 9.56 Å². The first kappa shape index (κ1) is 20.0. The van der Waals surface area contributed by atoms with E-state index < -0.39 is 10.0 Å². The lowest BCUT2D eigenvalue weighted by Crippen LogP contribution is -2.11. The van der Waals surface area contributed by atoms with Crippen molar-refractivity contribution >= 4 is 32.5 Å². The molecule has 0 aliphatic carbocycles. The molecule has 0 unspecified atom stereocenters. The molecule has 3 N–H and O–H groups in total. The lowest BCUT2D eigenvalue weighted by Gasteiger charge is -2.10. The van der Waals surface area contributed by atoms with Crippen LogP contribution in [0.3, 0.4) is 0 Å². The lowest BCUT2D eigenvalue weighted by atomic mass is 10.1. The molecule has 0 bridgehead atoms. The van der Waals surface area contributed by atoms with Gasteiger partial charge >= 0.3 is 0 Å². The number of anilines is 2. The molecule has 3 aromatic heterocycles. The van der Waals surface area contributed by atoms with E-state index in [0.717, 1.165) is 33.6 Å². The van der Waals surface area contributed by atoms with Crippen molar-refractivity contribution in [2.45, 2.75) is 11.8 Å². The Bertz CT molecular complexity index is 1540. The number of sulfonamides is 1. The summed E-state index contributed by atoms with van der Waals surface area (Å²) in [5.41, 5.74) is 5.17. The van der Waals surface area contributed by atoms with Crippen LogP contribution in [0.15, 0.2) is 88.5 Å². The monoisotopic (exact) mass is 445 g/mol. The molecule has 9 heteroatoms. The van der Waals surface area contributed by atoms with Crippen LogP contribution in [0.2, 0.25) is 0 Å². The summed E-state index contributed by atoms with van der Waals surface area (Å²) in [4.78, 5) is 4.43. The van der Waals surface area contributed by atoms with Gasteiger partial charge in [0.1, 0.15) is 11.4 Å². The van der Waals surface area contributed by atoms with Crippen LogP contribution in [-0.2, 0) is 10.0 Å². The highest BCUT2D eigenvalue weighted by molar-refractivity contribution is 7.89. The average Bonchev–Trinajstić information content (AvgIpc) is 3.39. The van der Waals surface area contributed by atoms with Crippen molar-refractivity contribution < 1.29 is 12.8 Å². The number of hydrogen-bond donors (Lipinski definition) is 2. The van der Waals surface area contributed by atoms with Crippen molar-refractivity contribution in [1.82, 2.24) is 14.8 Å². The largest absolute Gasteiger partial charge is 0.464 e. The Labute approximate surface area is 184 Å². The number of nitrogens with zero attached hydrogens (tertiary/aromatic N) is 3. The molecule has 8 nitrogen and oxygen atoms in total. The minimum absolute atomic E-state index is 0.0544. The van der Waals surface area contributed by atoms with Gasteiger partial charge in [-0.15, -0.1) is 0 Å². The van der Waals surface area contributed by atoms with Gasteiger partial charge in [-0.25, -0.2) is 23.2 Å². The van der Waals surface area contributed by atoms with Crippen molar-refractivity contribution in [2.24, 2.45) is 5.14 Å². The summed E-state index contributed by atoms with van der Waals surface area (Å²) in [7, 11) is -3.73. The Morgan fingerprint density at radius 2 is 1.81 bits per heavy atom. The van der Waals surface area contributed by atoms with E-state index in [-0.39, 0.29) is 4.90 Å². The second kappa shape index (κ2) is 7.63. The predicted molar refractivity (Wildman–Crippen MR) is 122 cm³/mol. The fourth-order valence-electron chi connectivity index (χ4n) is 3.52. The van der Waals surface area contributed by atoms with Gasteiger partial charge in [0, 0.05) is 22.8 Å². The molecule has 0 aliphatic heterocycles. The van der Waals surface area contributed by atoms with E-state index in [1.807, 2.05) is 54.1 Å². The maximum absolute atomic E-state index is 11.4. The van der Waals surface area contributed by atoms with Gasteiger partial charge in [-0.05, 0) is 73.7 Å². The summed E-state index contributed by atoms with van der Waals surface area (Å²) in [5, 5.41) is 14.0. The zero-order valence-corrected chi connectivity index (χ0v) is 17.9. The third-order valence-electron chi connectivity index (χ3n) is 5.02. The minimum Gasteiger partial charge on any atom is -0.464 e. The van der Waals surface area contributed by atoms with Gasteiger partial charge in [-0.3, -0.25) is 0 Å². The van der Waals surface area contributed by atoms with Gasteiger partial charge in [-0.2, -0.15) is 5.10 Å². The third kappa shape index (κ3) is 3.86. The smallest absolute Gasteiger partial charge is 0.238 e. The quantitative estimate of drug-likeness (QED) is 0.415. The van der Waals surface area contributed by atoms with Crippen LogP contribution < -0.4 is 10.5 Å². The molecule has 2 aromatic carbocycles. The molecule has 0 amide bonds. The van der Waals surface area contributed by atoms with Gasteiger partial charge < -0.3 is 9.73 Å². The van der Waals surface area contributed by atoms with E-state index in [2.05, 4.69) is 15.4 Å². The zero-order chi connectivity index (χ0) is 22.3. The molecule has 32 heavy (non-hydrogen) atoms. The number of pyridine rings is 1. The first-order chi connectivity index (χ1) is 15.4. The van der Waals surface area contributed by atoms with E-state index >= 15 is 0 Å². The van der Waals surface area contributed by atoms with Crippen LogP contribution in [0.5, 0.6) is 0 Å². The minimum atomic E-state index is -3.73. The maximum Gasteiger partial charge on any atom is 0.238 e. The van der Waals surface area contributed by atoms with Gasteiger partial charge in [0.25, 0.3) is 0 Å². The molecule has 0 saturated carbocycles. The third-order valence-corrected chi connectivity index (χ3v) is 5.95. The first-order valence-electron chi connectivity index (χ1n) is 9.77. The molecule has 0 atom stereocenters. The summed E-state index contributed by atoms with van der Waals surface area (Å²) in [6, 6.07) is 19.9. The summed E-state index contributed by atoms with van der Waals surface area (Å²) >= 11 is 0. The van der Waals surface area contributed by atoms with Crippen molar-refractivity contribution in [3.8, 4) is 16.9 Å². The molecular formula is C23H19N5O3S. The zero-order valence-electron chi connectivity index (χ0n) is 17.1. The van der Waals surface area contributed by atoms with Crippen LogP contribution in [-0.4, -0.2) is 23.2 Å². The molecule has 3 heterocycles. The standard InChI is InChI=1S/C23H19N5O3S/c1-15-12-21(28(27-15)19-4-7-22-17(13-19)9-11-31-22)16-8-10-25-23(14-16)26-18-2-5-20(6-3-18)32(24,29)30/h2-14H,1H3,(H,25,26)(H2,24,29,30). The van der Waals surface area contributed by atoms with Crippen molar-refractivity contribution in [3.63, 3.8) is 0 Å². The first-order valence-corrected chi connectivity index (χ1v) is 11.3. The molecular weight excluding hydrogens is 426 g/mol. The SMILES string of the molecule is Cc1cc(-c2ccnc(Nc3ccc(S(N)(=O)=O)cc3)c2)n(-c2ccc3occc3c2)n1. The van der Waals surface area contributed by atoms with Crippen LogP contribution in [0.1, 0.15) is 5.69 Å². The van der Waals surface area contributed by atoms with Gasteiger partial charge in [-0.1, -0.05) is 0 Å². The maximum atomic E-state index is 11.4. The molecule has 0 radical (unpaired) electrons. The Hall–Kier alpha value is -3.95. The van der Waals surface area contributed by atoms with E-state index in [1.165, 1.54) is 12.1 Å². The van der Waals surface area contributed by atoms with Crippen LogP contribution >= 0.6 is 0 Å². The fraction of sp³-hybridized carbons (Fsp3) is 0.0435. The number of aryl methyl sites for hydroxylation is 1. The van der Waals surface area contributed by atoms with Gasteiger partial charge in [0.2, 0.25) is 10.0 Å². The van der Waals surface area contributed by atoms with Crippen molar-refractivity contribution in [1.29, 1.82) is 0 Å². The molecule has 160 valence electrons. The predicted octanol–water partition coefficient (Wildman–Crippen LogP) is 4.38. The Morgan fingerprint density at radius 1 is 1.00 bits per heavy atom. The highest BCUT2D eigenvalue weighted by Gasteiger charge is 2.12. The topological polar surface area (TPSA) is 116 Å². The van der Waals surface area contributed by atoms with E-state index in [1.54, 1.807) is 24.6 Å². The second-order valence-electron chi connectivity index (χ2n) is 7.35. The molecule has 0 spiro atoms. The Balaban J connectivity index is 1.48. The van der Waals surface area contributed by atoms with Crippen LogP contribution in [0.25, 0.3) is 27.9 Å². The van der Waals surface area contributed by atoms with E-state index in [0.29, 0.717) is 11.5 Å². The highest BCUT2D eigenvalue weighted by atomic mass is 32.2. The molecule has 5 aromatic rings. The number of hydrogen-bond acceptors (Lipinski definition) is 6. The fourth-order valence-corrected chi connectivity index (χ4v) is 4.04. The highest BCUT2D eigenvalue weighted by Crippen LogP contribution is 2.28. The van der Waals surface area contributed by atoms with Crippen molar-refractivity contribution in [3.05, 3.63) is 84.9 Å². The normalized spacial score (nSPS) is 11.7. The number of rotatable bonds is 5. The Morgan fingerprint density at radius 3 is 2.59 bits per heavy atom. The lowest BCUT2D eigenvalue weighted by molar-refractivity contribution is 0.598. The number of nitrogens with two attached hydrogens (primary N) is 1. The van der Waals surface area contributed by atoms with Gasteiger partial charge in [0.05, 0.1) is 28.2 Å². The number of aromatic nitrogens is 3. The summed E-state index contributed by atoms with van der Waals surface area (Å²) in [6.45, 7) is 1.95. The average molecular weight is 446 g/mol. The summed E-state index contributed by atoms with van der Waals surface area (Å²) in [6.07, 6.45) is 3.38. The summed E-state index contributed by atoms with van der Waals surface area (Å²) in [5.74, 6) is 0.613. The van der Waals surface area contributed by atoms with E-state index in [9.17, 15) is 8.42 Å². The van der Waals surface area contributed by atoms with Crippen molar-refractivity contribution in [2.75, 3.05) is 5.32 Å². The number of benzene rings is 2. The Kier molecular flexibility index (Phi) is 4.76. The summed E-state index contributed by atoms with van der Waals surface area (Å²) < 4.78 is 30.2. The number of primary sulfonamides is 1. The molecule has 0 aliphatic rings. The number of fused-ring (bicyclic) bond motifs is 1. The van der Waals surface area contributed by atoms with Crippen LogP contribution in [0, 0.1) is 6.92 Å². The molecule has 5 rings (SSSR count). The number of nitrogens with one attached hydrogen (secondary N) is 1. The second-order valence-corrected chi connectivity index (χ2v) is 8.91.